The van der Waals surface area contributed by atoms with Crippen LogP contribution in [0.5, 0.6) is 0 Å². The van der Waals surface area contributed by atoms with Crippen molar-refractivity contribution < 1.29 is 0 Å². The number of hydrogen-bond acceptors (Lipinski definition) is 1. The molecule has 0 aliphatic rings. The molecule has 2 rings (SSSR count). The van der Waals surface area contributed by atoms with Gasteiger partial charge in [-0.05, 0) is 44.0 Å². The number of hydrogen-bond donors (Lipinski definition) is 1. The van der Waals surface area contributed by atoms with Gasteiger partial charge in [0.25, 0.3) is 0 Å². The molecule has 0 atom stereocenters. The summed E-state index contributed by atoms with van der Waals surface area (Å²) >= 11 is 0. The van der Waals surface area contributed by atoms with Crippen LogP contribution in [-0.4, -0.2) is 10.7 Å². The van der Waals surface area contributed by atoms with E-state index >= 15 is 0 Å². The van der Waals surface area contributed by atoms with Crippen molar-refractivity contribution >= 4 is 11.4 Å². The van der Waals surface area contributed by atoms with Gasteiger partial charge in [-0.2, -0.15) is 0 Å². The van der Waals surface area contributed by atoms with Gasteiger partial charge in [0.15, 0.2) is 0 Å². The Morgan fingerprint density at radius 1 is 1.06 bits per heavy atom. The van der Waals surface area contributed by atoms with Crippen LogP contribution >= 0.6 is 0 Å². The highest BCUT2D eigenvalue weighted by Gasteiger charge is 2.02. The maximum atomic E-state index is 4.69. The highest BCUT2D eigenvalue weighted by Crippen LogP contribution is 2.23. The van der Waals surface area contributed by atoms with Crippen LogP contribution in [0, 0.1) is 13.8 Å². The third-order valence-corrected chi connectivity index (χ3v) is 2.71. The van der Waals surface area contributed by atoms with Crippen LogP contribution in [0.2, 0.25) is 0 Å². The van der Waals surface area contributed by atoms with Crippen LogP contribution in [0.25, 0.3) is 0 Å². The van der Waals surface area contributed by atoms with Crippen LogP contribution in [0.1, 0.15) is 23.7 Å². The smallest absolute Gasteiger partial charge is 0.0692 e. The van der Waals surface area contributed by atoms with Gasteiger partial charge in [-0.3, -0.25) is 4.99 Å². The van der Waals surface area contributed by atoms with Crippen LogP contribution in [-0.2, 0) is 0 Å². The molecule has 0 bridgehead atoms. The van der Waals surface area contributed by atoms with Gasteiger partial charge in [0, 0.05) is 6.20 Å². The van der Waals surface area contributed by atoms with Gasteiger partial charge in [0.2, 0.25) is 0 Å². The summed E-state index contributed by atoms with van der Waals surface area (Å²) in [5.74, 6) is 0. The SMILES string of the molecule is CC(=Nc1c(C)cccc1C)c1ccc[nH]1. The van der Waals surface area contributed by atoms with Gasteiger partial charge in [0.05, 0.1) is 17.1 Å². The molecular formula is C14H16N2. The highest BCUT2D eigenvalue weighted by molar-refractivity contribution is 5.99. The van der Waals surface area contributed by atoms with Crippen molar-refractivity contribution in [1.29, 1.82) is 0 Å². The highest BCUT2D eigenvalue weighted by atomic mass is 14.8. The molecule has 0 saturated carbocycles. The molecule has 2 nitrogen and oxygen atoms in total. The average molecular weight is 212 g/mol. The molecule has 16 heavy (non-hydrogen) atoms. The summed E-state index contributed by atoms with van der Waals surface area (Å²) in [5.41, 5.74) is 5.59. The average Bonchev–Trinajstić information content (AvgIpc) is 2.76. The third kappa shape index (κ3) is 2.06. The van der Waals surface area contributed by atoms with Crippen LogP contribution < -0.4 is 0 Å². The predicted molar refractivity (Wildman–Crippen MR) is 68.6 cm³/mol. The van der Waals surface area contributed by atoms with Gasteiger partial charge in [-0.25, -0.2) is 0 Å². The Bertz CT molecular complexity index is 487. The summed E-state index contributed by atoms with van der Waals surface area (Å²) < 4.78 is 0. The summed E-state index contributed by atoms with van der Waals surface area (Å²) in [5, 5.41) is 0. The van der Waals surface area contributed by atoms with Crippen molar-refractivity contribution in [1.82, 2.24) is 4.98 Å². The first kappa shape index (κ1) is 10.7. The zero-order chi connectivity index (χ0) is 11.5. The largest absolute Gasteiger partial charge is 0.360 e. The Morgan fingerprint density at radius 3 is 2.31 bits per heavy atom. The van der Waals surface area contributed by atoms with E-state index < -0.39 is 0 Å². The second-order valence-corrected chi connectivity index (χ2v) is 4.02. The molecule has 0 aliphatic heterocycles. The van der Waals surface area contributed by atoms with Gasteiger partial charge >= 0.3 is 0 Å². The van der Waals surface area contributed by atoms with Crippen molar-refractivity contribution in [3.63, 3.8) is 0 Å². The number of nitrogens with zero attached hydrogens (tertiary/aromatic N) is 1. The van der Waals surface area contributed by atoms with E-state index in [9.17, 15) is 0 Å². The first-order valence-corrected chi connectivity index (χ1v) is 5.44. The minimum atomic E-state index is 1.02. The fraction of sp³-hybridized carbons (Fsp3) is 0.214. The second-order valence-electron chi connectivity index (χ2n) is 4.02. The van der Waals surface area contributed by atoms with Crippen LogP contribution in [0.15, 0.2) is 41.5 Å². The number of rotatable bonds is 2. The van der Waals surface area contributed by atoms with Crippen molar-refractivity contribution in [2.24, 2.45) is 4.99 Å². The lowest BCUT2D eigenvalue weighted by Gasteiger charge is -2.05. The number of H-pyrrole nitrogens is 1. The molecule has 1 aromatic carbocycles. The molecule has 1 N–H and O–H groups in total. The summed E-state index contributed by atoms with van der Waals surface area (Å²) in [4.78, 5) is 7.85. The standard InChI is InChI=1S/C14H16N2/c1-10-6-4-7-11(2)14(10)16-12(3)13-8-5-9-15-13/h4-9,15H,1-3H3. The quantitative estimate of drug-likeness (QED) is 0.734. The van der Waals surface area contributed by atoms with E-state index in [0.29, 0.717) is 0 Å². The Hall–Kier alpha value is -1.83. The molecule has 0 saturated heterocycles. The lowest BCUT2D eigenvalue weighted by atomic mass is 10.1. The van der Waals surface area contributed by atoms with Crippen molar-refractivity contribution in [3.8, 4) is 0 Å². The predicted octanol–water partition coefficient (Wildman–Crippen LogP) is 3.77. The second kappa shape index (κ2) is 4.35. The molecule has 0 fully saturated rings. The Morgan fingerprint density at radius 2 is 1.75 bits per heavy atom. The third-order valence-electron chi connectivity index (χ3n) is 2.71. The van der Waals surface area contributed by atoms with E-state index in [1.807, 2.05) is 25.3 Å². The maximum Gasteiger partial charge on any atom is 0.0692 e. The normalized spacial score (nSPS) is 11.8. The van der Waals surface area contributed by atoms with E-state index in [2.05, 4.69) is 42.0 Å². The topological polar surface area (TPSA) is 28.1 Å². The minimum absolute atomic E-state index is 1.02. The monoisotopic (exact) mass is 212 g/mol. The number of para-hydroxylation sites is 1. The number of aliphatic imine (C=N–C) groups is 1. The Kier molecular flexibility index (Phi) is 2.91. The van der Waals surface area contributed by atoms with E-state index in [0.717, 1.165) is 17.1 Å². The molecular weight excluding hydrogens is 196 g/mol. The molecule has 82 valence electrons. The summed E-state index contributed by atoms with van der Waals surface area (Å²) in [6, 6.07) is 10.3. The molecule has 0 aliphatic carbocycles. The maximum absolute atomic E-state index is 4.69. The summed E-state index contributed by atoms with van der Waals surface area (Å²) in [6.07, 6.45) is 1.92. The fourth-order valence-corrected chi connectivity index (χ4v) is 1.77. The van der Waals surface area contributed by atoms with Crippen molar-refractivity contribution in [3.05, 3.63) is 53.3 Å². The first-order chi connectivity index (χ1) is 7.68. The lowest BCUT2D eigenvalue weighted by Crippen LogP contribution is -1.94. The van der Waals surface area contributed by atoms with E-state index in [1.165, 1.54) is 11.1 Å². The molecule has 2 aromatic rings. The van der Waals surface area contributed by atoms with E-state index in [4.69, 9.17) is 0 Å². The Labute approximate surface area is 96.1 Å². The van der Waals surface area contributed by atoms with Gasteiger partial charge in [0.1, 0.15) is 0 Å². The number of aryl methyl sites for hydroxylation is 2. The zero-order valence-electron chi connectivity index (χ0n) is 9.91. The molecule has 0 amide bonds. The fourth-order valence-electron chi connectivity index (χ4n) is 1.77. The van der Waals surface area contributed by atoms with E-state index in [1.54, 1.807) is 0 Å². The number of aromatic nitrogens is 1. The lowest BCUT2D eigenvalue weighted by molar-refractivity contribution is 1.30. The van der Waals surface area contributed by atoms with Crippen LogP contribution in [0.3, 0.4) is 0 Å². The zero-order valence-corrected chi connectivity index (χ0v) is 9.91. The van der Waals surface area contributed by atoms with Crippen molar-refractivity contribution in [2.75, 3.05) is 0 Å². The van der Waals surface area contributed by atoms with Crippen molar-refractivity contribution in [2.45, 2.75) is 20.8 Å². The summed E-state index contributed by atoms with van der Waals surface area (Å²) in [6.45, 7) is 6.21. The molecule has 1 heterocycles. The number of nitrogens with one attached hydrogen (secondary N) is 1. The molecule has 0 unspecified atom stereocenters. The molecule has 0 spiro atoms. The van der Waals surface area contributed by atoms with Crippen LogP contribution in [0.4, 0.5) is 5.69 Å². The first-order valence-electron chi connectivity index (χ1n) is 5.44. The van der Waals surface area contributed by atoms with E-state index in [-0.39, 0.29) is 0 Å². The Balaban J connectivity index is 2.43. The minimum Gasteiger partial charge on any atom is -0.360 e. The molecule has 2 heteroatoms. The number of benzene rings is 1. The summed E-state index contributed by atoms with van der Waals surface area (Å²) in [7, 11) is 0. The molecule has 1 aromatic heterocycles. The molecule has 0 radical (unpaired) electrons. The van der Waals surface area contributed by atoms with Gasteiger partial charge in [-0.1, -0.05) is 18.2 Å². The van der Waals surface area contributed by atoms with Gasteiger partial charge in [-0.15, -0.1) is 0 Å². The van der Waals surface area contributed by atoms with Gasteiger partial charge < -0.3 is 4.98 Å². The number of aromatic amines is 1.